The number of hydrogen-bond donors (Lipinski definition) is 1. The van der Waals surface area contributed by atoms with E-state index in [1.807, 2.05) is 41.1 Å². The van der Waals surface area contributed by atoms with E-state index >= 15 is 0 Å². The zero-order valence-corrected chi connectivity index (χ0v) is 26.2. The summed E-state index contributed by atoms with van der Waals surface area (Å²) in [5.41, 5.74) is -1.06. The molecular weight excluding hydrogens is 668 g/mol. The number of alkyl halides is 6. The number of aryl methyl sites for hydroxylation is 1. The maximum atomic E-state index is 13.4. The molecule has 0 spiro atoms. The van der Waals surface area contributed by atoms with E-state index in [0.29, 0.717) is 27.8 Å². The number of nitrogens with zero attached hydrogens (tertiary/aromatic N) is 5. The van der Waals surface area contributed by atoms with Gasteiger partial charge in [-0.3, -0.25) is 4.98 Å². The highest BCUT2D eigenvalue weighted by Crippen LogP contribution is 2.41. The Labute approximate surface area is 279 Å². The number of benzene rings is 3. The minimum Gasteiger partial charge on any atom is -0.374 e. The van der Waals surface area contributed by atoms with Crippen molar-refractivity contribution in [2.45, 2.75) is 24.4 Å². The molecule has 0 amide bonds. The molecule has 0 bridgehead atoms. The van der Waals surface area contributed by atoms with Gasteiger partial charge in [0.25, 0.3) is 0 Å². The van der Waals surface area contributed by atoms with Gasteiger partial charge in [0.15, 0.2) is 5.60 Å². The summed E-state index contributed by atoms with van der Waals surface area (Å²) in [5, 5.41) is 14.0. The number of para-hydroxylation sites is 1. The maximum Gasteiger partial charge on any atom is 0.433 e. The predicted molar refractivity (Wildman–Crippen MR) is 172 cm³/mol. The Kier molecular flexibility index (Phi) is 7.75. The second-order valence-corrected chi connectivity index (χ2v) is 12.0. The Morgan fingerprint density at radius 2 is 1.51 bits per heavy atom. The predicted octanol–water partition coefficient (Wildman–Crippen LogP) is 8.87. The van der Waals surface area contributed by atoms with Crippen LogP contribution in [0.25, 0.3) is 27.6 Å². The summed E-state index contributed by atoms with van der Waals surface area (Å²) in [6.07, 6.45) is -3.42. The number of rotatable bonds is 6. The topological polar surface area (TPSA) is 68.8 Å². The molecule has 1 N–H and O–H groups in total. The van der Waals surface area contributed by atoms with E-state index < -0.39 is 29.2 Å². The average Bonchev–Trinajstić information content (AvgIpc) is 3.71. The smallest absolute Gasteiger partial charge is 0.374 e. The zero-order valence-electron chi connectivity index (χ0n) is 25.4. The third kappa shape index (κ3) is 5.70. The van der Waals surface area contributed by atoms with Gasteiger partial charge >= 0.3 is 12.4 Å². The molecule has 1 atom stereocenters. The van der Waals surface area contributed by atoms with Crippen molar-refractivity contribution < 1.29 is 31.4 Å². The van der Waals surface area contributed by atoms with Crippen LogP contribution < -0.4 is 0 Å². The van der Waals surface area contributed by atoms with Crippen molar-refractivity contribution in [3.8, 4) is 5.82 Å². The second-order valence-electron chi connectivity index (χ2n) is 11.6. The van der Waals surface area contributed by atoms with Gasteiger partial charge in [-0.2, -0.15) is 26.3 Å². The summed E-state index contributed by atoms with van der Waals surface area (Å²) in [4.78, 5) is 12.7. The summed E-state index contributed by atoms with van der Waals surface area (Å²) < 4.78 is 83.5. The Balaban J connectivity index is 1.43. The molecule has 4 aromatic heterocycles. The molecule has 0 radical (unpaired) electrons. The summed E-state index contributed by atoms with van der Waals surface area (Å²) in [5.74, 6) is 0.459. The molecule has 7 aromatic rings. The minimum atomic E-state index is -4.68. The van der Waals surface area contributed by atoms with Crippen molar-refractivity contribution in [3.63, 3.8) is 0 Å². The highest BCUT2D eigenvalue weighted by Gasteiger charge is 2.39. The molecule has 0 aliphatic rings. The monoisotopic (exact) mass is 691 g/mol. The van der Waals surface area contributed by atoms with Crippen molar-refractivity contribution in [1.29, 1.82) is 0 Å². The van der Waals surface area contributed by atoms with Crippen LogP contribution in [-0.2, 0) is 31.4 Å². The summed E-state index contributed by atoms with van der Waals surface area (Å²) >= 11 is 7.19. The molecule has 248 valence electrons. The number of aliphatic hydroxyl groups is 1. The molecule has 49 heavy (non-hydrogen) atoms. The highest BCUT2D eigenvalue weighted by molar-refractivity contribution is 6.36. The molecule has 1 unspecified atom stereocenters. The van der Waals surface area contributed by atoms with Crippen LogP contribution in [0.4, 0.5) is 26.3 Å². The Bertz CT molecular complexity index is 2330. The standard InChI is InChI=1S/C36H24ClF6N5O/c1-47-20-44-19-31(47)34(49,25-11-13-30(45-18-25)36(41,42)43)24-10-12-28-26(17-24)32(37)27(16-21-6-8-23(9-7-21)35(38,39)40)33(46-28)48-15-14-22-4-2-3-5-29(22)48/h2-15,17-20,49H,16H2,1H3. The first kappa shape index (κ1) is 32.4. The summed E-state index contributed by atoms with van der Waals surface area (Å²) in [6.45, 7) is 0. The van der Waals surface area contributed by atoms with Crippen LogP contribution in [0.2, 0.25) is 5.02 Å². The van der Waals surface area contributed by atoms with Crippen molar-refractivity contribution in [2.24, 2.45) is 7.05 Å². The zero-order chi connectivity index (χ0) is 34.7. The maximum absolute atomic E-state index is 13.4. The molecule has 0 fully saturated rings. The van der Waals surface area contributed by atoms with Gasteiger partial charge in [-0.25, -0.2) is 9.97 Å². The van der Waals surface area contributed by atoms with Crippen molar-refractivity contribution in [1.82, 2.24) is 24.1 Å². The van der Waals surface area contributed by atoms with Gasteiger partial charge in [0, 0.05) is 42.4 Å². The third-order valence-electron chi connectivity index (χ3n) is 8.56. The van der Waals surface area contributed by atoms with E-state index in [9.17, 15) is 31.4 Å². The fourth-order valence-electron chi connectivity index (χ4n) is 6.06. The van der Waals surface area contributed by atoms with E-state index in [4.69, 9.17) is 16.6 Å². The van der Waals surface area contributed by atoms with Gasteiger partial charge in [-0.1, -0.05) is 54.1 Å². The van der Waals surface area contributed by atoms with E-state index in [2.05, 4.69) is 9.97 Å². The molecule has 0 saturated carbocycles. The Morgan fingerprint density at radius 3 is 2.16 bits per heavy atom. The van der Waals surface area contributed by atoms with Gasteiger partial charge < -0.3 is 14.2 Å². The number of imidazole rings is 1. The largest absolute Gasteiger partial charge is 0.433 e. The minimum absolute atomic E-state index is 0.0490. The van der Waals surface area contributed by atoms with Crippen molar-refractivity contribution in [3.05, 3.63) is 154 Å². The second kappa shape index (κ2) is 11.7. The Morgan fingerprint density at radius 1 is 0.796 bits per heavy atom. The van der Waals surface area contributed by atoms with Crippen LogP contribution in [0.15, 0.2) is 110 Å². The first-order chi connectivity index (χ1) is 23.2. The molecular formula is C36H24ClF6N5O. The molecule has 6 nitrogen and oxygen atoms in total. The van der Waals surface area contributed by atoms with E-state index in [-0.39, 0.29) is 28.3 Å². The SMILES string of the molecule is Cn1cncc1C(O)(c1ccc(C(F)(F)F)nc1)c1ccc2nc(-n3ccc4ccccc43)c(Cc3ccc(C(F)(F)F)cc3)c(Cl)c2c1. The number of fused-ring (bicyclic) bond motifs is 2. The lowest BCUT2D eigenvalue weighted by Gasteiger charge is -2.30. The molecule has 7 rings (SSSR count). The van der Waals surface area contributed by atoms with E-state index in [1.54, 1.807) is 25.2 Å². The Hall–Kier alpha value is -5.20. The lowest BCUT2D eigenvalue weighted by Crippen LogP contribution is -2.31. The van der Waals surface area contributed by atoms with Gasteiger partial charge in [-0.05, 0) is 59.0 Å². The lowest BCUT2D eigenvalue weighted by atomic mass is 9.83. The third-order valence-corrected chi connectivity index (χ3v) is 8.99. The molecule has 0 saturated heterocycles. The number of halogens is 7. The van der Waals surface area contributed by atoms with Crippen LogP contribution in [-0.4, -0.2) is 29.2 Å². The van der Waals surface area contributed by atoms with Crippen LogP contribution >= 0.6 is 11.6 Å². The quantitative estimate of drug-likeness (QED) is 0.177. The normalized spacial score (nSPS) is 13.7. The first-order valence-electron chi connectivity index (χ1n) is 14.8. The van der Waals surface area contributed by atoms with Crippen LogP contribution in [0.5, 0.6) is 0 Å². The molecule has 0 aliphatic carbocycles. The van der Waals surface area contributed by atoms with E-state index in [0.717, 1.165) is 41.4 Å². The number of pyridine rings is 2. The number of hydrogen-bond acceptors (Lipinski definition) is 4. The van der Waals surface area contributed by atoms with Gasteiger partial charge in [0.1, 0.15) is 11.5 Å². The van der Waals surface area contributed by atoms with Gasteiger partial charge in [0.2, 0.25) is 0 Å². The molecule has 13 heteroatoms. The van der Waals surface area contributed by atoms with E-state index in [1.165, 1.54) is 29.2 Å². The lowest BCUT2D eigenvalue weighted by molar-refractivity contribution is -0.141. The molecule has 3 aromatic carbocycles. The summed E-state index contributed by atoms with van der Waals surface area (Å²) in [7, 11) is 1.64. The van der Waals surface area contributed by atoms with Crippen LogP contribution in [0.1, 0.15) is 39.2 Å². The molecule has 0 aliphatic heterocycles. The summed E-state index contributed by atoms with van der Waals surface area (Å²) in [6, 6.07) is 21.1. The van der Waals surface area contributed by atoms with Gasteiger partial charge in [0.05, 0.1) is 39.8 Å². The van der Waals surface area contributed by atoms with Crippen molar-refractivity contribution in [2.75, 3.05) is 0 Å². The first-order valence-corrected chi connectivity index (χ1v) is 15.2. The van der Waals surface area contributed by atoms with Crippen LogP contribution in [0.3, 0.4) is 0 Å². The fraction of sp³-hybridized carbons (Fsp3) is 0.139. The highest BCUT2D eigenvalue weighted by atomic mass is 35.5. The fourth-order valence-corrected chi connectivity index (χ4v) is 6.36. The van der Waals surface area contributed by atoms with Crippen LogP contribution in [0, 0.1) is 0 Å². The number of aromatic nitrogens is 5. The molecule has 4 heterocycles. The van der Waals surface area contributed by atoms with Crippen molar-refractivity contribution >= 4 is 33.4 Å². The average molecular weight is 692 g/mol. The van der Waals surface area contributed by atoms with Gasteiger partial charge in [-0.15, -0.1) is 0 Å².